The number of aldehydes is 1. The maximum absolute atomic E-state index is 10.8. The Morgan fingerprint density at radius 3 is 1.65 bits per heavy atom. The number of thiazole rings is 2. The summed E-state index contributed by atoms with van der Waals surface area (Å²) in [5.74, 6) is 2.66. The molecule has 3 aliphatic rings. The molecule has 52 heavy (non-hydrogen) atoms. The van der Waals surface area contributed by atoms with E-state index in [0.29, 0.717) is 28.0 Å². The lowest BCUT2D eigenvalue weighted by Gasteiger charge is -2.36. The Labute approximate surface area is 318 Å². The van der Waals surface area contributed by atoms with Gasteiger partial charge in [-0.2, -0.15) is 0 Å². The molecular weight excluding hydrogens is 691 g/mol. The highest BCUT2D eigenvalue weighted by molar-refractivity contribution is 7.20. The van der Waals surface area contributed by atoms with Crippen LogP contribution in [0.5, 0.6) is 11.5 Å². The minimum atomic E-state index is -0.833. The van der Waals surface area contributed by atoms with E-state index >= 15 is 0 Å². The van der Waals surface area contributed by atoms with Gasteiger partial charge in [-0.05, 0) is 124 Å². The number of likely N-dealkylation sites (tertiary alicyclic amines) is 1. The minimum absolute atomic E-state index is 0.306. The van der Waals surface area contributed by atoms with Gasteiger partial charge in [-0.15, -0.1) is 22.7 Å². The fourth-order valence-electron chi connectivity index (χ4n) is 7.76. The zero-order valence-corrected chi connectivity index (χ0v) is 33.9. The van der Waals surface area contributed by atoms with Gasteiger partial charge in [-0.1, -0.05) is 41.5 Å². The molecule has 1 aliphatic heterocycles. The molecule has 0 atom stereocenters. The number of aromatic nitrogens is 2. The van der Waals surface area contributed by atoms with E-state index < -0.39 is 5.97 Å². The molecule has 2 aromatic carbocycles. The summed E-state index contributed by atoms with van der Waals surface area (Å²) < 4.78 is 14.8. The number of hydrogen-bond donors (Lipinski definition) is 1. The fraction of sp³-hybridized carbons (Fsp3) is 0.619. The van der Waals surface area contributed by atoms with E-state index in [0.717, 1.165) is 71.7 Å². The molecule has 0 amide bonds. The maximum Gasteiger partial charge on any atom is 0.300 e. The largest absolute Gasteiger partial charge is 0.490 e. The zero-order valence-electron chi connectivity index (χ0n) is 32.3. The second kappa shape index (κ2) is 17.8. The molecule has 2 aromatic heterocycles. The summed E-state index contributed by atoms with van der Waals surface area (Å²) in [4.78, 5) is 31.5. The predicted molar refractivity (Wildman–Crippen MR) is 214 cm³/mol. The SMILES string of the molecule is CC(=O)O.CC(C)(C)C1CCC(Oc2ccc3sc(C=O)nc3c2)CC1.CC(C)(C)C1CCC(Oc2ccc3sc(CN4CCCC4)nc3c2)CC1. The smallest absolute Gasteiger partial charge is 0.300 e. The second-order valence-electron chi connectivity index (χ2n) is 17.0. The van der Waals surface area contributed by atoms with Crippen LogP contribution in [0.15, 0.2) is 36.4 Å². The van der Waals surface area contributed by atoms with E-state index in [9.17, 15) is 4.79 Å². The van der Waals surface area contributed by atoms with Gasteiger partial charge in [0.05, 0.1) is 39.2 Å². The van der Waals surface area contributed by atoms with Crippen LogP contribution in [0.4, 0.5) is 0 Å². The third-order valence-corrected chi connectivity index (χ3v) is 12.8. The van der Waals surface area contributed by atoms with Crippen molar-refractivity contribution >= 4 is 55.4 Å². The van der Waals surface area contributed by atoms with Crippen LogP contribution < -0.4 is 9.47 Å². The molecule has 0 bridgehead atoms. The summed E-state index contributed by atoms with van der Waals surface area (Å²) in [6, 6.07) is 12.4. The highest BCUT2D eigenvalue weighted by Gasteiger charge is 2.31. The van der Waals surface area contributed by atoms with Crippen molar-refractivity contribution in [1.29, 1.82) is 0 Å². The van der Waals surface area contributed by atoms with Gasteiger partial charge < -0.3 is 14.6 Å². The predicted octanol–water partition coefficient (Wildman–Crippen LogP) is 11.1. The number of ether oxygens (including phenoxy) is 2. The Morgan fingerprint density at radius 2 is 1.21 bits per heavy atom. The lowest BCUT2D eigenvalue weighted by molar-refractivity contribution is -0.134. The molecular formula is C42H59N3O5S2. The molecule has 3 fully saturated rings. The first-order valence-corrected chi connectivity index (χ1v) is 20.8. The zero-order chi connectivity index (χ0) is 37.5. The number of carbonyl (C=O) groups excluding carboxylic acids is 1. The normalized spacial score (nSPS) is 22.6. The summed E-state index contributed by atoms with van der Waals surface area (Å²) in [6.45, 7) is 18.6. The van der Waals surface area contributed by atoms with E-state index in [4.69, 9.17) is 24.4 Å². The summed E-state index contributed by atoms with van der Waals surface area (Å²) in [5.41, 5.74) is 2.78. The first-order chi connectivity index (χ1) is 24.7. The summed E-state index contributed by atoms with van der Waals surface area (Å²) in [6.07, 6.45) is 13.8. The van der Waals surface area contributed by atoms with Gasteiger partial charge in [-0.25, -0.2) is 9.97 Å². The molecule has 0 radical (unpaired) electrons. The Kier molecular flexibility index (Phi) is 13.8. The highest BCUT2D eigenvalue weighted by atomic mass is 32.1. The number of rotatable bonds is 7. The van der Waals surface area contributed by atoms with Gasteiger partial charge in [-0.3, -0.25) is 14.5 Å². The van der Waals surface area contributed by atoms with Crippen LogP contribution in [0, 0.1) is 22.7 Å². The summed E-state index contributed by atoms with van der Waals surface area (Å²) >= 11 is 3.25. The first kappa shape index (κ1) is 40.1. The van der Waals surface area contributed by atoms with Crippen LogP contribution in [-0.2, 0) is 11.3 Å². The molecule has 1 saturated heterocycles. The highest BCUT2D eigenvalue weighted by Crippen LogP contribution is 2.40. The Morgan fingerprint density at radius 1 is 0.769 bits per heavy atom. The molecule has 4 aromatic rings. The average molecular weight is 750 g/mol. The van der Waals surface area contributed by atoms with Gasteiger partial charge in [0.15, 0.2) is 11.3 Å². The van der Waals surface area contributed by atoms with Gasteiger partial charge in [0.1, 0.15) is 16.5 Å². The van der Waals surface area contributed by atoms with Crippen molar-refractivity contribution in [1.82, 2.24) is 14.9 Å². The van der Waals surface area contributed by atoms with Crippen molar-refractivity contribution in [2.45, 2.75) is 131 Å². The van der Waals surface area contributed by atoms with Crippen molar-refractivity contribution < 1.29 is 24.2 Å². The lowest BCUT2D eigenvalue weighted by atomic mass is 9.72. The summed E-state index contributed by atoms with van der Waals surface area (Å²) in [7, 11) is 0. The quantitative estimate of drug-likeness (QED) is 0.186. The number of nitrogens with zero attached hydrogens (tertiary/aromatic N) is 3. The van der Waals surface area contributed by atoms with E-state index in [1.807, 2.05) is 29.5 Å². The van der Waals surface area contributed by atoms with Gasteiger partial charge in [0, 0.05) is 19.1 Å². The van der Waals surface area contributed by atoms with Crippen LogP contribution in [0.2, 0.25) is 0 Å². The number of aliphatic carboxylic acids is 1. The number of hydrogen-bond acceptors (Lipinski definition) is 9. The van der Waals surface area contributed by atoms with Crippen molar-refractivity contribution in [2.75, 3.05) is 13.1 Å². The molecule has 0 spiro atoms. The Hall–Kier alpha value is -3.08. The molecule has 2 aliphatic carbocycles. The van der Waals surface area contributed by atoms with Crippen molar-refractivity contribution in [3.05, 3.63) is 46.4 Å². The van der Waals surface area contributed by atoms with Gasteiger partial charge in [0.25, 0.3) is 5.97 Å². The van der Waals surface area contributed by atoms with Crippen molar-refractivity contribution in [2.24, 2.45) is 22.7 Å². The van der Waals surface area contributed by atoms with Crippen LogP contribution in [-0.4, -0.2) is 57.5 Å². The fourth-order valence-corrected chi connectivity index (χ4v) is 9.51. The van der Waals surface area contributed by atoms with Crippen LogP contribution >= 0.6 is 22.7 Å². The molecule has 0 unspecified atom stereocenters. The van der Waals surface area contributed by atoms with Gasteiger partial charge in [0.2, 0.25) is 0 Å². The van der Waals surface area contributed by atoms with Crippen molar-refractivity contribution in [3.8, 4) is 11.5 Å². The number of benzene rings is 2. The third-order valence-electron chi connectivity index (χ3n) is 10.8. The second-order valence-corrected chi connectivity index (χ2v) is 19.1. The molecule has 284 valence electrons. The minimum Gasteiger partial charge on any atom is -0.490 e. The monoisotopic (exact) mass is 749 g/mol. The standard InChI is InChI=1S/C22H32N2OS.C18H23NO2S.C2H4O2/c1-22(2,3)16-6-8-17(9-7-16)25-18-10-11-20-19(14-18)23-21(26-20)15-24-12-4-5-13-24;1-18(2,3)12-4-6-13(7-5-12)21-14-8-9-16-15(10-14)19-17(11-20)22-16;1-2(3)4/h10-11,14,16-17H,4-9,12-13,15H2,1-3H3;8-13H,4-7H2,1-3H3;1H3,(H,3,4). The molecule has 7 rings (SSSR count). The number of carboxylic acids is 1. The van der Waals surface area contributed by atoms with Crippen LogP contribution in [0.1, 0.15) is 127 Å². The third kappa shape index (κ3) is 11.7. The number of carboxylic acid groups (broad SMARTS) is 1. The van der Waals surface area contributed by atoms with E-state index in [2.05, 4.69) is 69.6 Å². The van der Waals surface area contributed by atoms with E-state index in [1.165, 1.54) is 85.5 Å². The molecule has 3 heterocycles. The molecule has 2 saturated carbocycles. The Balaban J connectivity index is 0.000000185. The molecule has 8 nitrogen and oxygen atoms in total. The topological polar surface area (TPSA) is 102 Å². The molecule has 10 heteroatoms. The average Bonchev–Trinajstić information content (AvgIpc) is 3.84. The Bertz CT molecular complexity index is 1740. The van der Waals surface area contributed by atoms with Crippen molar-refractivity contribution in [3.63, 3.8) is 0 Å². The van der Waals surface area contributed by atoms with E-state index in [-0.39, 0.29) is 0 Å². The van der Waals surface area contributed by atoms with Crippen LogP contribution in [0.3, 0.4) is 0 Å². The first-order valence-electron chi connectivity index (χ1n) is 19.2. The number of carbonyl (C=O) groups is 2. The summed E-state index contributed by atoms with van der Waals surface area (Å²) in [5, 5.41) is 9.18. The van der Waals surface area contributed by atoms with Gasteiger partial charge >= 0.3 is 0 Å². The molecule has 1 N–H and O–H groups in total. The number of fused-ring (bicyclic) bond motifs is 2. The lowest BCUT2D eigenvalue weighted by Crippen LogP contribution is -2.30. The van der Waals surface area contributed by atoms with Crippen LogP contribution in [0.25, 0.3) is 20.4 Å². The maximum atomic E-state index is 10.8. The van der Waals surface area contributed by atoms with E-state index in [1.54, 1.807) is 0 Å².